The Morgan fingerprint density at radius 2 is 2.03 bits per heavy atom. The van der Waals surface area contributed by atoms with E-state index in [2.05, 4.69) is 20.5 Å². The summed E-state index contributed by atoms with van der Waals surface area (Å²) >= 11 is 6.23. The average molecular weight is 498 g/mol. The van der Waals surface area contributed by atoms with Crippen LogP contribution in [0.3, 0.4) is 0 Å². The summed E-state index contributed by atoms with van der Waals surface area (Å²) in [5, 5.41) is 27.0. The predicted molar refractivity (Wildman–Crippen MR) is 135 cm³/mol. The van der Waals surface area contributed by atoms with Gasteiger partial charge in [0.25, 0.3) is 0 Å². The molecule has 1 aromatic rings. The van der Waals surface area contributed by atoms with Gasteiger partial charge in [-0.25, -0.2) is 14.8 Å². The van der Waals surface area contributed by atoms with Gasteiger partial charge in [0.2, 0.25) is 0 Å². The van der Waals surface area contributed by atoms with Crippen molar-refractivity contribution >= 4 is 29.2 Å². The fraction of sp³-hybridized carbons (Fsp3) is 0.667. The van der Waals surface area contributed by atoms with Crippen molar-refractivity contribution in [3.05, 3.63) is 29.1 Å². The van der Waals surface area contributed by atoms with Crippen LogP contribution in [0.4, 0.5) is 16.3 Å². The minimum atomic E-state index is -0.693. The molecule has 1 atom stereocenters. The number of carbonyl (C=O) groups excluding carboxylic acids is 1. The molecule has 0 spiro atoms. The number of aliphatic hydroxyl groups is 1. The molecule has 1 amide bonds. The van der Waals surface area contributed by atoms with Gasteiger partial charge < -0.3 is 25.4 Å². The van der Waals surface area contributed by atoms with Crippen molar-refractivity contribution in [3.8, 4) is 0 Å². The Hall–Kier alpha value is -2.23. The second-order valence-electron chi connectivity index (χ2n) is 10.3. The zero-order valence-electron chi connectivity index (χ0n) is 21.2. The molecule has 0 aromatic carbocycles. The Bertz CT molecular complexity index is 831. The highest BCUT2D eigenvalue weighted by Gasteiger charge is 2.31. The smallest absolute Gasteiger partial charge is 0.407 e. The molecule has 0 saturated carbocycles. The minimum Gasteiger partial charge on any atom is -0.444 e. The maximum absolute atomic E-state index is 12.0. The van der Waals surface area contributed by atoms with Crippen LogP contribution in [-0.2, 0) is 4.74 Å². The number of hydroxylamine groups is 2. The molecule has 2 heterocycles. The Morgan fingerprint density at radius 3 is 2.59 bits per heavy atom. The van der Waals surface area contributed by atoms with Crippen LogP contribution in [0, 0.1) is 5.92 Å². The van der Waals surface area contributed by atoms with Gasteiger partial charge >= 0.3 is 6.09 Å². The van der Waals surface area contributed by atoms with Gasteiger partial charge in [0.05, 0.1) is 17.5 Å². The SMILES string of the molecule is CN(O)/C(Cl)=C(\CCNc1ccc(N2CCC[C@@H](C(C)(C)O)C2)cn1)CNC(=O)OC(C)(C)C. The number of halogens is 1. The van der Waals surface area contributed by atoms with E-state index in [0.29, 0.717) is 24.4 Å². The van der Waals surface area contributed by atoms with Crippen molar-refractivity contribution in [3.63, 3.8) is 0 Å². The predicted octanol–water partition coefficient (Wildman–Crippen LogP) is 4.17. The van der Waals surface area contributed by atoms with E-state index in [1.165, 1.54) is 7.05 Å². The normalized spacial score (nSPS) is 17.7. The molecule has 0 unspecified atom stereocenters. The van der Waals surface area contributed by atoms with Gasteiger partial charge in [-0.15, -0.1) is 0 Å². The van der Waals surface area contributed by atoms with E-state index in [9.17, 15) is 15.1 Å². The average Bonchev–Trinajstić information content (AvgIpc) is 2.74. The Labute approximate surface area is 208 Å². The third-order valence-corrected chi connectivity index (χ3v) is 6.20. The molecular weight excluding hydrogens is 458 g/mol. The highest BCUT2D eigenvalue weighted by atomic mass is 35.5. The van der Waals surface area contributed by atoms with Gasteiger partial charge in [-0.05, 0) is 71.6 Å². The van der Waals surface area contributed by atoms with Crippen LogP contribution in [0.1, 0.15) is 53.9 Å². The van der Waals surface area contributed by atoms with Gasteiger partial charge in [0, 0.05) is 39.1 Å². The van der Waals surface area contributed by atoms with E-state index >= 15 is 0 Å². The molecule has 0 radical (unpaired) electrons. The topological polar surface area (TPSA) is 110 Å². The summed E-state index contributed by atoms with van der Waals surface area (Å²) in [6, 6.07) is 3.95. The lowest BCUT2D eigenvalue weighted by Gasteiger charge is -2.39. The second-order valence-corrected chi connectivity index (χ2v) is 10.6. The van der Waals surface area contributed by atoms with E-state index in [4.69, 9.17) is 16.3 Å². The fourth-order valence-corrected chi connectivity index (χ4v) is 3.96. The molecule has 34 heavy (non-hydrogen) atoms. The molecule has 1 aliphatic rings. The van der Waals surface area contributed by atoms with Gasteiger partial charge in [0.1, 0.15) is 16.6 Å². The van der Waals surface area contributed by atoms with Crippen LogP contribution in [0.2, 0.25) is 0 Å². The number of alkyl carbamates (subject to hydrolysis) is 1. The van der Waals surface area contributed by atoms with Crippen molar-refractivity contribution in [2.24, 2.45) is 5.92 Å². The monoisotopic (exact) mass is 497 g/mol. The highest BCUT2D eigenvalue weighted by molar-refractivity contribution is 6.29. The zero-order chi connectivity index (χ0) is 25.5. The number of carbonyl (C=O) groups is 1. The van der Waals surface area contributed by atoms with Crippen molar-refractivity contribution in [2.75, 3.05) is 43.4 Å². The molecule has 1 aromatic heterocycles. The molecule has 4 N–H and O–H groups in total. The van der Waals surface area contributed by atoms with E-state index in [1.54, 1.807) is 20.8 Å². The third kappa shape index (κ3) is 9.19. The van der Waals surface area contributed by atoms with Gasteiger partial charge in [-0.3, -0.25) is 5.21 Å². The summed E-state index contributed by atoms with van der Waals surface area (Å²) in [5.74, 6) is 0.945. The lowest BCUT2D eigenvalue weighted by Crippen LogP contribution is -2.44. The molecule has 1 fully saturated rings. The zero-order valence-corrected chi connectivity index (χ0v) is 21.9. The van der Waals surface area contributed by atoms with Crippen LogP contribution in [-0.4, -0.2) is 70.9 Å². The van der Waals surface area contributed by atoms with E-state index < -0.39 is 17.3 Å². The lowest BCUT2D eigenvalue weighted by molar-refractivity contribution is -0.0202. The molecular formula is C24H40ClN5O4. The van der Waals surface area contributed by atoms with Gasteiger partial charge in [-0.2, -0.15) is 0 Å². The Morgan fingerprint density at radius 1 is 1.32 bits per heavy atom. The number of piperidine rings is 1. The Balaban J connectivity index is 1.91. The van der Waals surface area contributed by atoms with Crippen molar-refractivity contribution in [1.29, 1.82) is 0 Å². The molecule has 192 valence electrons. The summed E-state index contributed by atoms with van der Waals surface area (Å²) in [6.45, 7) is 11.5. The van der Waals surface area contributed by atoms with Crippen LogP contribution in [0.5, 0.6) is 0 Å². The van der Waals surface area contributed by atoms with Crippen LogP contribution < -0.4 is 15.5 Å². The number of hydrogen-bond acceptors (Lipinski definition) is 8. The fourth-order valence-electron chi connectivity index (χ4n) is 3.79. The van der Waals surface area contributed by atoms with E-state index in [-0.39, 0.29) is 17.6 Å². The summed E-state index contributed by atoms with van der Waals surface area (Å²) in [7, 11) is 1.42. The number of ether oxygens (including phenoxy) is 1. The highest BCUT2D eigenvalue weighted by Crippen LogP contribution is 2.29. The molecule has 1 saturated heterocycles. The summed E-state index contributed by atoms with van der Waals surface area (Å²) in [4.78, 5) is 18.8. The van der Waals surface area contributed by atoms with Crippen LogP contribution in [0.25, 0.3) is 0 Å². The first kappa shape index (κ1) is 28.0. The number of nitrogens with one attached hydrogen (secondary N) is 2. The maximum Gasteiger partial charge on any atom is 0.407 e. The lowest BCUT2D eigenvalue weighted by atomic mass is 9.84. The molecule has 1 aliphatic heterocycles. The minimum absolute atomic E-state index is 0.143. The first-order valence-corrected chi connectivity index (χ1v) is 12.1. The summed E-state index contributed by atoms with van der Waals surface area (Å²) in [6.07, 6.45) is 3.83. The first-order chi connectivity index (χ1) is 15.8. The number of aromatic nitrogens is 1. The molecule has 0 aliphatic carbocycles. The van der Waals surface area contributed by atoms with Crippen LogP contribution >= 0.6 is 11.6 Å². The quantitative estimate of drug-likeness (QED) is 0.297. The van der Waals surface area contributed by atoms with Crippen molar-refractivity contribution in [2.45, 2.75) is 65.1 Å². The van der Waals surface area contributed by atoms with E-state index in [0.717, 1.165) is 36.7 Å². The molecule has 2 rings (SSSR count). The van der Waals surface area contributed by atoms with Crippen LogP contribution in [0.15, 0.2) is 29.1 Å². The number of hydrogen-bond donors (Lipinski definition) is 4. The number of rotatable bonds is 9. The standard InChI is InChI=1S/C24H40ClN5O4/c1-23(2,3)34-22(31)28-14-17(21(25)29(6)33)11-12-26-20-10-9-19(15-27-20)30-13-7-8-18(16-30)24(4,5)32/h9-10,15,18,32-33H,7-8,11-14,16H2,1-6H3,(H,26,27)(H,28,31)/b21-17+/t18-/m1/s1. The summed E-state index contributed by atoms with van der Waals surface area (Å²) in [5.41, 5.74) is 0.384. The number of anilines is 2. The molecule has 0 bridgehead atoms. The van der Waals surface area contributed by atoms with Gasteiger partial charge in [-0.1, -0.05) is 11.6 Å². The molecule has 9 nitrogen and oxygen atoms in total. The Kier molecular flexibility index (Phi) is 9.84. The van der Waals surface area contributed by atoms with Crippen molar-refractivity contribution in [1.82, 2.24) is 15.4 Å². The molecule has 10 heteroatoms. The number of nitrogens with zero attached hydrogens (tertiary/aromatic N) is 3. The first-order valence-electron chi connectivity index (χ1n) is 11.7. The van der Waals surface area contributed by atoms with Crippen molar-refractivity contribution < 1.29 is 19.8 Å². The number of amides is 1. The van der Waals surface area contributed by atoms with E-state index in [1.807, 2.05) is 32.2 Å². The van der Waals surface area contributed by atoms with Gasteiger partial charge in [0.15, 0.2) is 0 Å². The largest absolute Gasteiger partial charge is 0.444 e. The number of pyridine rings is 1. The second kappa shape index (κ2) is 12.0. The third-order valence-electron chi connectivity index (χ3n) is 5.69. The maximum atomic E-state index is 12.0. The summed E-state index contributed by atoms with van der Waals surface area (Å²) < 4.78 is 5.25.